The van der Waals surface area contributed by atoms with Gasteiger partial charge in [-0.25, -0.2) is 9.59 Å². The largest absolute Gasteiger partial charge is 0.464 e. The number of hydrogen-bond acceptors (Lipinski definition) is 8. The maximum Gasteiger partial charge on any atom is 0.335 e. The van der Waals surface area contributed by atoms with Crippen LogP contribution in [0.1, 0.15) is 39.5 Å². The van der Waals surface area contributed by atoms with Crippen molar-refractivity contribution in [3.63, 3.8) is 0 Å². The van der Waals surface area contributed by atoms with Gasteiger partial charge in [-0.3, -0.25) is 0 Å². The van der Waals surface area contributed by atoms with Crippen molar-refractivity contribution in [3.05, 3.63) is 0 Å². The molecule has 0 spiro atoms. The molecule has 2 aliphatic rings. The molecule has 2 fully saturated rings. The molecule has 0 saturated carbocycles. The van der Waals surface area contributed by atoms with Crippen LogP contribution in [0.2, 0.25) is 0 Å². The third kappa shape index (κ3) is 7.57. The van der Waals surface area contributed by atoms with E-state index in [0.29, 0.717) is 39.3 Å². The molecule has 0 aliphatic carbocycles. The fourth-order valence-corrected chi connectivity index (χ4v) is 2.44. The first-order valence-corrected chi connectivity index (χ1v) is 8.55. The summed E-state index contributed by atoms with van der Waals surface area (Å²) in [5, 5.41) is 0. The van der Waals surface area contributed by atoms with Crippen LogP contribution in [0.4, 0.5) is 0 Å². The third-order valence-electron chi connectivity index (χ3n) is 3.75. The Morgan fingerprint density at radius 3 is 1.54 bits per heavy atom. The van der Waals surface area contributed by atoms with Crippen LogP contribution >= 0.6 is 0 Å². The SMILES string of the molecule is CCOC(=O)[C@@H]1C[C@@H](N)CCO1.CCOC(=O)[C@H]1C[C@H](N)CCO1. The Labute approximate surface area is 143 Å². The Balaban J connectivity index is 0.000000240. The number of ether oxygens (including phenoxy) is 4. The van der Waals surface area contributed by atoms with Crippen LogP contribution in [0, 0.1) is 0 Å². The molecule has 0 radical (unpaired) electrons. The summed E-state index contributed by atoms with van der Waals surface area (Å²) in [6, 6.07) is 0.154. The number of hydrogen-bond donors (Lipinski definition) is 2. The summed E-state index contributed by atoms with van der Waals surface area (Å²) in [4.78, 5) is 22.3. The fourth-order valence-electron chi connectivity index (χ4n) is 2.44. The van der Waals surface area contributed by atoms with E-state index in [1.807, 2.05) is 0 Å². The Morgan fingerprint density at radius 2 is 1.25 bits per heavy atom. The van der Waals surface area contributed by atoms with Crippen LogP contribution in [0.15, 0.2) is 0 Å². The highest BCUT2D eigenvalue weighted by Crippen LogP contribution is 2.13. The van der Waals surface area contributed by atoms with Crippen molar-refractivity contribution < 1.29 is 28.5 Å². The van der Waals surface area contributed by atoms with E-state index in [4.69, 9.17) is 30.4 Å². The molecule has 8 nitrogen and oxygen atoms in total. The summed E-state index contributed by atoms with van der Waals surface area (Å²) in [6.45, 7) is 5.47. The second kappa shape index (κ2) is 11.4. The van der Waals surface area contributed by atoms with Crippen molar-refractivity contribution in [2.75, 3.05) is 26.4 Å². The molecular formula is C16H30N2O6. The lowest BCUT2D eigenvalue weighted by atomic mass is 10.0. The van der Waals surface area contributed by atoms with E-state index < -0.39 is 12.2 Å². The molecule has 2 heterocycles. The Bertz CT molecular complexity index is 357. The molecule has 8 heteroatoms. The van der Waals surface area contributed by atoms with Gasteiger partial charge in [-0.05, 0) is 39.5 Å². The van der Waals surface area contributed by atoms with Crippen molar-refractivity contribution in [1.29, 1.82) is 0 Å². The lowest BCUT2D eigenvalue weighted by molar-refractivity contribution is -0.160. The van der Waals surface area contributed by atoms with Gasteiger partial charge in [0.15, 0.2) is 12.2 Å². The number of esters is 2. The summed E-state index contributed by atoms with van der Waals surface area (Å²) < 4.78 is 20.0. The van der Waals surface area contributed by atoms with E-state index in [9.17, 15) is 9.59 Å². The van der Waals surface area contributed by atoms with Crippen molar-refractivity contribution in [3.8, 4) is 0 Å². The van der Waals surface area contributed by atoms with E-state index in [-0.39, 0.29) is 24.0 Å². The molecule has 0 amide bonds. The molecule has 2 rings (SSSR count). The van der Waals surface area contributed by atoms with Gasteiger partial charge in [0.05, 0.1) is 13.2 Å². The predicted molar refractivity (Wildman–Crippen MR) is 87.2 cm³/mol. The summed E-state index contributed by atoms with van der Waals surface area (Å²) in [7, 11) is 0. The molecule has 140 valence electrons. The van der Waals surface area contributed by atoms with Crippen LogP contribution in [0.25, 0.3) is 0 Å². The fraction of sp³-hybridized carbons (Fsp3) is 0.875. The summed E-state index contributed by atoms with van der Waals surface area (Å²) >= 11 is 0. The van der Waals surface area contributed by atoms with Gasteiger partial charge in [0, 0.05) is 25.3 Å². The third-order valence-corrected chi connectivity index (χ3v) is 3.75. The van der Waals surface area contributed by atoms with Crippen molar-refractivity contribution >= 4 is 11.9 Å². The molecule has 0 aromatic rings. The lowest BCUT2D eigenvalue weighted by Gasteiger charge is -2.25. The Kier molecular flexibility index (Phi) is 9.85. The van der Waals surface area contributed by atoms with E-state index >= 15 is 0 Å². The summed E-state index contributed by atoms with van der Waals surface area (Å²) in [6.07, 6.45) is 1.95. The average Bonchev–Trinajstić information content (AvgIpc) is 2.56. The van der Waals surface area contributed by atoms with Crippen LogP contribution in [0.3, 0.4) is 0 Å². The number of carbonyl (C=O) groups excluding carboxylic acids is 2. The smallest absolute Gasteiger partial charge is 0.335 e. The first kappa shape index (κ1) is 20.8. The minimum Gasteiger partial charge on any atom is -0.464 e. The van der Waals surface area contributed by atoms with Gasteiger partial charge in [-0.15, -0.1) is 0 Å². The minimum absolute atomic E-state index is 0.0770. The van der Waals surface area contributed by atoms with Crippen LogP contribution in [-0.2, 0) is 28.5 Å². The van der Waals surface area contributed by atoms with Gasteiger partial charge in [-0.2, -0.15) is 0 Å². The molecule has 0 aromatic carbocycles. The van der Waals surface area contributed by atoms with Gasteiger partial charge < -0.3 is 30.4 Å². The summed E-state index contributed by atoms with van der Waals surface area (Å²) in [5.41, 5.74) is 11.3. The molecule has 0 bridgehead atoms. The predicted octanol–water partition coefficient (Wildman–Crippen LogP) is 0.112. The zero-order chi connectivity index (χ0) is 17.9. The molecule has 4 N–H and O–H groups in total. The Morgan fingerprint density at radius 1 is 0.875 bits per heavy atom. The van der Waals surface area contributed by atoms with E-state index in [2.05, 4.69) is 0 Å². The van der Waals surface area contributed by atoms with E-state index in [1.165, 1.54) is 0 Å². The highest BCUT2D eigenvalue weighted by molar-refractivity contribution is 5.75. The van der Waals surface area contributed by atoms with Crippen molar-refractivity contribution in [1.82, 2.24) is 0 Å². The van der Waals surface area contributed by atoms with E-state index in [1.54, 1.807) is 13.8 Å². The number of nitrogens with two attached hydrogens (primary N) is 2. The monoisotopic (exact) mass is 346 g/mol. The molecule has 24 heavy (non-hydrogen) atoms. The van der Waals surface area contributed by atoms with Crippen molar-refractivity contribution in [2.45, 2.75) is 63.8 Å². The quantitative estimate of drug-likeness (QED) is 0.688. The second-order valence-corrected chi connectivity index (χ2v) is 5.79. The van der Waals surface area contributed by atoms with Crippen LogP contribution < -0.4 is 11.5 Å². The van der Waals surface area contributed by atoms with Gasteiger partial charge >= 0.3 is 11.9 Å². The zero-order valence-corrected chi connectivity index (χ0v) is 14.6. The average molecular weight is 346 g/mol. The Hall–Kier alpha value is -1.22. The van der Waals surface area contributed by atoms with E-state index in [0.717, 1.165) is 12.8 Å². The highest BCUT2D eigenvalue weighted by atomic mass is 16.6. The molecule has 2 saturated heterocycles. The highest BCUT2D eigenvalue weighted by Gasteiger charge is 2.27. The first-order chi connectivity index (χ1) is 11.5. The van der Waals surface area contributed by atoms with Crippen LogP contribution in [0.5, 0.6) is 0 Å². The van der Waals surface area contributed by atoms with Gasteiger partial charge in [0.1, 0.15) is 0 Å². The molecule has 2 aliphatic heterocycles. The molecular weight excluding hydrogens is 316 g/mol. The normalized spacial score (nSPS) is 29.8. The first-order valence-electron chi connectivity index (χ1n) is 8.55. The second-order valence-electron chi connectivity index (χ2n) is 5.79. The maximum atomic E-state index is 11.1. The molecule has 4 atom stereocenters. The van der Waals surface area contributed by atoms with Gasteiger partial charge in [-0.1, -0.05) is 0 Å². The number of carbonyl (C=O) groups is 2. The lowest BCUT2D eigenvalue weighted by Crippen LogP contribution is -2.39. The maximum absolute atomic E-state index is 11.1. The summed E-state index contributed by atoms with van der Waals surface area (Å²) in [5.74, 6) is -0.569. The van der Waals surface area contributed by atoms with Crippen LogP contribution in [-0.4, -0.2) is 62.7 Å². The topological polar surface area (TPSA) is 123 Å². The van der Waals surface area contributed by atoms with Crippen molar-refractivity contribution in [2.24, 2.45) is 11.5 Å². The zero-order valence-electron chi connectivity index (χ0n) is 14.6. The van der Waals surface area contributed by atoms with Gasteiger partial charge in [0.2, 0.25) is 0 Å². The van der Waals surface area contributed by atoms with Gasteiger partial charge in [0.25, 0.3) is 0 Å². The standard InChI is InChI=1S/2C8H15NO3/c2*1-2-11-8(10)7-5-6(9)3-4-12-7/h2*6-7H,2-5,9H2,1H3/t2*6-,7-/m10/s1. The molecule has 0 aromatic heterocycles. The number of rotatable bonds is 4. The molecule has 0 unspecified atom stereocenters. The minimum atomic E-state index is -0.436.